The lowest BCUT2D eigenvalue weighted by molar-refractivity contribution is -0.137. The minimum absolute atomic E-state index is 0.0111. The van der Waals surface area contributed by atoms with Gasteiger partial charge in [-0.1, -0.05) is 13.0 Å². The molecule has 0 aromatic heterocycles. The molecule has 0 aliphatic carbocycles. The first-order valence-corrected chi connectivity index (χ1v) is 7.92. The Balaban J connectivity index is 2.11. The van der Waals surface area contributed by atoms with E-state index < -0.39 is 23.1 Å². The van der Waals surface area contributed by atoms with E-state index in [1.807, 2.05) is 6.92 Å². The minimum atomic E-state index is -4.49. The summed E-state index contributed by atoms with van der Waals surface area (Å²) in [7, 11) is 0. The average molecular weight is 342 g/mol. The Hall–Kier alpha value is -2.05. The number of halogens is 3. The lowest BCUT2D eigenvalue weighted by Gasteiger charge is -2.23. The van der Waals surface area contributed by atoms with Gasteiger partial charge in [-0.05, 0) is 38.0 Å². The van der Waals surface area contributed by atoms with Gasteiger partial charge in [-0.3, -0.25) is 9.59 Å². The molecule has 0 radical (unpaired) electrons. The highest BCUT2D eigenvalue weighted by Gasteiger charge is 2.42. The topological polar surface area (TPSA) is 49.4 Å². The molecule has 2 rings (SSSR count). The molecule has 0 bridgehead atoms. The monoisotopic (exact) mass is 342 g/mol. The smallest absolute Gasteiger partial charge is 0.356 e. The van der Waals surface area contributed by atoms with Crippen molar-refractivity contribution in [2.45, 2.75) is 32.9 Å². The van der Waals surface area contributed by atoms with Crippen LogP contribution >= 0.6 is 0 Å². The van der Waals surface area contributed by atoms with Crippen molar-refractivity contribution in [3.63, 3.8) is 0 Å². The number of carbonyl (C=O) groups excluding carboxylic acids is 2. The second kappa shape index (κ2) is 6.83. The number of nitrogens with zero attached hydrogens (tertiary/aromatic N) is 1. The van der Waals surface area contributed by atoms with Gasteiger partial charge in [0.15, 0.2) is 0 Å². The Kier molecular flexibility index (Phi) is 5.20. The molecule has 0 saturated carbocycles. The van der Waals surface area contributed by atoms with Crippen molar-refractivity contribution >= 4 is 11.8 Å². The first-order chi connectivity index (χ1) is 11.2. The molecule has 132 valence electrons. The molecule has 1 saturated heterocycles. The van der Waals surface area contributed by atoms with E-state index in [9.17, 15) is 22.8 Å². The molecule has 1 aliphatic heterocycles. The molecule has 1 unspecified atom stereocenters. The zero-order valence-electron chi connectivity index (χ0n) is 13.7. The largest absolute Gasteiger partial charge is 0.416 e. The summed E-state index contributed by atoms with van der Waals surface area (Å²) in [5.41, 5.74) is -1.56. The van der Waals surface area contributed by atoms with E-state index in [1.165, 1.54) is 17.0 Å². The number of hydrogen-bond donors (Lipinski definition) is 1. The van der Waals surface area contributed by atoms with Crippen molar-refractivity contribution in [2.75, 3.05) is 19.6 Å². The molecular weight excluding hydrogens is 321 g/mol. The fourth-order valence-electron chi connectivity index (χ4n) is 2.78. The summed E-state index contributed by atoms with van der Waals surface area (Å²) in [6.45, 7) is 4.84. The van der Waals surface area contributed by atoms with Crippen LogP contribution in [0.2, 0.25) is 0 Å². The van der Waals surface area contributed by atoms with Gasteiger partial charge in [0.1, 0.15) is 0 Å². The summed E-state index contributed by atoms with van der Waals surface area (Å²) < 4.78 is 38.3. The molecule has 4 nitrogen and oxygen atoms in total. The van der Waals surface area contributed by atoms with Gasteiger partial charge in [0.05, 0.1) is 11.0 Å². The van der Waals surface area contributed by atoms with Gasteiger partial charge < -0.3 is 10.2 Å². The van der Waals surface area contributed by atoms with Crippen LogP contribution in [0.3, 0.4) is 0 Å². The fourth-order valence-corrected chi connectivity index (χ4v) is 2.78. The molecule has 1 aromatic carbocycles. The third-order valence-corrected chi connectivity index (χ3v) is 4.28. The van der Waals surface area contributed by atoms with Crippen LogP contribution in [0.15, 0.2) is 24.3 Å². The average Bonchev–Trinajstić information content (AvgIpc) is 2.95. The zero-order chi connectivity index (χ0) is 18.0. The maximum absolute atomic E-state index is 12.8. The number of rotatable bonds is 4. The third kappa shape index (κ3) is 3.88. The van der Waals surface area contributed by atoms with Gasteiger partial charge in [0.2, 0.25) is 5.91 Å². The summed E-state index contributed by atoms with van der Waals surface area (Å²) in [5.74, 6) is -0.600. The van der Waals surface area contributed by atoms with Crippen LogP contribution in [-0.4, -0.2) is 36.3 Å². The Labute approximate surface area is 139 Å². The van der Waals surface area contributed by atoms with Crippen molar-refractivity contribution in [1.82, 2.24) is 10.2 Å². The van der Waals surface area contributed by atoms with Crippen LogP contribution in [0.5, 0.6) is 0 Å². The van der Waals surface area contributed by atoms with Crippen molar-refractivity contribution in [2.24, 2.45) is 5.41 Å². The molecule has 1 heterocycles. The van der Waals surface area contributed by atoms with Gasteiger partial charge in [0, 0.05) is 25.2 Å². The van der Waals surface area contributed by atoms with E-state index in [-0.39, 0.29) is 18.0 Å². The van der Waals surface area contributed by atoms with E-state index in [2.05, 4.69) is 5.32 Å². The standard InChI is InChI=1S/C17H21F3N2O2/c1-3-8-21-15(24)16(2)7-9-22(11-16)14(23)12-5-4-6-13(10-12)17(18,19)20/h4-6,10H,3,7-9,11H2,1-2H3,(H,21,24). The second-order valence-electron chi connectivity index (χ2n) is 6.37. The van der Waals surface area contributed by atoms with Crippen molar-refractivity contribution < 1.29 is 22.8 Å². The van der Waals surface area contributed by atoms with Crippen LogP contribution in [-0.2, 0) is 11.0 Å². The molecule has 7 heteroatoms. The Morgan fingerprint density at radius 1 is 1.33 bits per heavy atom. The lowest BCUT2D eigenvalue weighted by Crippen LogP contribution is -2.42. The summed E-state index contributed by atoms with van der Waals surface area (Å²) >= 11 is 0. The van der Waals surface area contributed by atoms with Crippen LogP contribution in [0, 0.1) is 5.41 Å². The maximum atomic E-state index is 12.8. The Bertz CT molecular complexity index is 631. The van der Waals surface area contributed by atoms with Crippen molar-refractivity contribution in [3.05, 3.63) is 35.4 Å². The molecule has 1 aromatic rings. The van der Waals surface area contributed by atoms with Crippen molar-refractivity contribution in [3.8, 4) is 0 Å². The molecule has 1 aliphatic rings. The van der Waals surface area contributed by atoms with Gasteiger partial charge >= 0.3 is 6.18 Å². The summed E-state index contributed by atoms with van der Waals surface area (Å²) in [6, 6.07) is 4.38. The lowest BCUT2D eigenvalue weighted by atomic mass is 9.88. The number of hydrogen-bond acceptors (Lipinski definition) is 2. The highest BCUT2D eigenvalue weighted by atomic mass is 19.4. The molecular formula is C17H21F3N2O2. The number of nitrogens with one attached hydrogen (secondary N) is 1. The van der Waals surface area contributed by atoms with Crippen LogP contribution in [0.1, 0.15) is 42.6 Å². The SMILES string of the molecule is CCCNC(=O)C1(C)CCN(C(=O)c2cccc(C(F)(F)F)c2)C1. The summed E-state index contributed by atoms with van der Waals surface area (Å²) in [6.07, 6.45) is -3.18. The van der Waals surface area contributed by atoms with E-state index in [0.29, 0.717) is 19.5 Å². The molecule has 1 fully saturated rings. The maximum Gasteiger partial charge on any atom is 0.416 e. The van der Waals surface area contributed by atoms with Gasteiger partial charge in [-0.25, -0.2) is 0 Å². The van der Waals surface area contributed by atoms with E-state index in [0.717, 1.165) is 18.6 Å². The number of carbonyl (C=O) groups is 2. The van der Waals surface area contributed by atoms with Gasteiger partial charge in [0.25, 0.3) is 5.91 Å². The normalized spacial score (nSPS) is 21.0. The quantitative estimate of drug-likeness (QED) is 0.914. The van der Waals surface area contributed by atoms with Crippen LogP contribution in [0.25, 0.3) is 0 Å². The van der Waals surface area contributed by atoms with E-state index in [1.54, 1.807) is 6.92 Å². The number of amides is 2. The molecule has 1 atom stereocenters. The first kappa shape index (κ1) is 18.3. The molecule has 2 amide bonds. The molecule has 1 N–H and O–H groups in total. The van der Waals surface area contributed by atoms with Crippen molar-refractivity contribution in [1.29, 1.82) is 0 Å². The highest BCUT2D eigenvalue weighted by molar-refractivity contribution is 5.95. The molecule has 0 spiro atoms. The Morgan fingerprint density at radius 2 is 2.04 bits per heavy atom. The number of benzene rings is 1. The predicted molar refractivity (Wildman–Crippen MR) is 83.4 cm³/mol. The summed E-state index contributed by atoms with van der Waals surface area (Å²) in [4.78, 5) is 26.1. The minimum Gasteiger partial charge on any atom is -0.356 e. The fraction of sp³-hybridized carbons (Fsp3) is 0.529. The Morgan fingerprint density at radius 3 is 2.67 bits per heavy atom. The zero-order valence-corrected chi connectivity index (χ0v) is 13.7. The third-order valence-electron chi connectivity index (χ3n) is 4.28. The van der Waals surface area contributed by atoms with E-state index >= 15 is 0 Å². The number of likely N-dealkylation sites (tertiary alicyclic amines) is 1. The number of alkyl halides is 3. The van der Waals surface area contributed by atoms with Crippen LogP contribution in [0.4, 0.5) is 13.2 Å². The van der Waals surface area contributed by atoms with Gasteiger partial charge in [-0.15, -0.1) is 0 Å². The van der Waals surface area contributed by atoms with Gasteiger partial charge in [-0.2, -0.15) is 13.2 Å². The van der Waals surface area contributed by atoms with Crippen LogP contribution < -0.4 is 5.32 Å². The predicted octanol–water partition coefficient (Wildman–Crippen LogP) is 3.08. The molecule has 24 heavy (non-hydrogen) atoms. The van der Waals surface area contributed by atoms with E-state index in [4.69, 9.17) is 0 Å². The highest BCUT2D eigenvalue weighted by Crippen LogP contribution is 2.33. The first-order valence-electron chi connectivity index (χ1n) is 7.92. The second-order valence-corrected chi connectivity index (χ2v) is 6.37. The summed E-state index contributed by atoms with van der Waals surface area (Å²) in [5, 5.41) is 2.82.